The Balaban J connectivity index is 1.46. The number of carboxylic acid groups (broad SMARTS) is 2. The molecule has 34 heteroatoms. The second-order valence-electron chi connectivity index (χ2n) is 24.1. The molecule has 0 unspecified atom stereocenters. The van der Waals surface area contributed by atoms with Crippen molar-refractivity contribution in [3.8, 4) is 0 Å². The third-order valence-electron chi connectivity index (χ3n) is 15.4. The van der Waals surface area contributed by atoms with E-state index in [1.165, 1.54) is 37.5 Å². The van der Waals surface area contributed by atoms with Gasteiger partial charge in [0.05, 0.1) is 12.1 Å². The van der Waals surface area contributed by atoms with Gasteiger partial charge < -0.3 is 11.5 Å². The van der Waals surface area contributed by atoms with Crippen LogP contribution in [0.15, 0.2) is 60.7 Å². The van der Waals surface area contributed by atoms with Crippen LogP contribution in [-0.4, -0.2) is 242 Å². The van der Waals surface area contributed by atoms with E-state index < -0.39 is 191 Å². The van der Waals surface area contributed by atoms with E-state index in [0.29, 0.717) is 12.8 Å². The summed E-state index contributed by atoms with van der Waals surface area (Å²) in [4.78, 5) is 191. The molecule has 2 aromatic rings. The van der Waals surface area contributed by atoms with Gasteiger partial charge in [-0.05, 0) is 27.7 Å². The van der Waals surface area contributed by atoms with Crippen LogP contribution in [0.3, 0.4) is 0 Å². The summed E-state index contributed by atoms with van der Waals surface area (Å²) in [6.07, 6.45) is 1.06. The number of hydrogen-bond donors (Lipinski definition) is 14. The fourth-order valence-electron chi connectivity index (χ4n) is 9.71. The summed E-state index contributed by atoms with van der Waals surface area (Å²) in [6, 6.07) is 4.05. The quantitative estimate of drug-likeness (QED) is 0.0229. The van der Waals surface area contributed by atoms with E-state index in [9.17, 15) is 77.3 Å². The summed E-state index contributed by atoms with van der Waals surface area (Å²) in [6.45, 7) is 14.1. The fourth-order valence-corrected chi connectivity index (χ4v) is 16.3. The first-order valence-corrected chi connectivity index (χ1v) is 37.9. The van der Waals surface area contributed by atoms with Crippen molar-refractivity contribution in [3.05, 3.63) is 60.7 Å². The van der Waals surface area contributed by atoms with Gasteiger partial charge in [-0.25, -0.2) is 0 Å². The second kappa shape index (κ2) is 39.8. The van der Waals surface area contributed by atoms with Crippen molar-refractivity contribution in [1.29, 1.82) is 0 Å². The van der Waals surface area contributed by atoms with Crippen molar-refractivity contribution in [2.45, 2.75) is 189 Å². The first-order chi connectivity index (χ1) is 45.2. The molecule has 0 saturated carbocycles. The fraction of sp³-hybridized carbons (Fsp3) is 0.581. The van der Waals surface area contributed by atoms with Gasteiger partial charge in [0.1, 0.15) is 0 Å². The van der Waals surface area contributed by atoms with E-state index in [0.717, 1.165) is 30.5 Å². The Labute approximate surface area is 578 Å². The molecule has 0 aliphatic carbocycles. The van der Waals surface area contributed by atoms with Gasteiger partial charge in [0.15, 0.2) is 0 Å². The van der Waals surface area contributed by atoms with Gasteiger partial charge in [0, 0.05) is 0 Å². The van der Waals surface area contributed by atoms with Crippen molar-refractivity contribution in [2.24, 2.45) is 23.3 Å². The Morgan fingerprint density at radius 1 is 0.458 bits per heavy atom. The number of nitrogens with one attached hydrogen (secondary N) is 10. The number of likely N-dealkylation sites (tertiary alicyclic amines) is 2. The van der Waals surface area contributed by atoms with Crippen molar-refractivity contribution < 1.29 is 77.3 Å². The number of benzene rings is 2. The molecule has 2 aliphatic heterocycles. The second-order valence-corrected chi connectivity index (χ2v) is 31.7. The topological polar surface area (TPSA) is 458 Å². The molecule has 96 heavy (non-hydrogen) atoms. The summed E-state index contributed by atoms with van der Waals surface area (Å²) < 4.78 is 1.80. The van der Waals surface area contributed by atoms with Crippen LogP contribution >= 0.6 is 21.6 Å². The molecule has 2 fully saturated rings. The normalized spacial score (nSPS) is 18.2. The average Bonchev–Trinajstić information content (AvgIpc) is 1.62. The molecule has 530 valence electrons. The molecule has 0 radical (unpaired) electrons. The summed E-state index contributed by atoms with van der Waals surface area (Å²) in [5, 5.41) is 43.2. The number of nitrogens with zero attached hydrogens (tertiary/aromatic N) is 2. The minimum absolute atomic E-state index is 0.0782. The standard InChI is InChI=1S/C62H92N14O16S2Se2/c1-31(2)47(57(85)67-35(7)61(89)90)71-53(81)41(29-95-39-19-13-11-14-20-39)69-45(77)27-65-55(83)43-23-17-25-75(43)59(87)49(73-51(79)33(5)63)37(9)93-94-38(10)50(74-52(80)34(6)64)60(88)76-26-18-24-44(76)56(84)66-28-46(78)70-42(30-96-40-21-15-12-16-22-40)54(82)72-48(32(3)4)58(86)68-36(8)62(91)92/h11-16,19-22,31-38,41-44,47-50H,17-18,23-30,63-64H2,1-10H3,(H,65,83)(H,66,84)(H,67,85)(H,68,86)(H,69,77)(H,70,78)(H,71,81)(H,72,82)(H,73,79)(H,74,80)(H,89,90)(H,91,92)/t33-,34-,35-,36-,37+,38+,41-,42-,43-,44-,47-,48-,49-,50-/m0/s1. The Bertz CT molecular complexity index is 2870. The number of rotatable bonds is 37. The maximum atomic E-state index is 14.7. The number of carbonyl (C=O) groups excluding carboxylic acids is 12. The molecule has 0 aromatic heterocycles. The molecule has 12 amide bonds. The number of aliphatic carboxylic acids is 2. The van der Waals surface area contributed by atoms with Crippen LogP contribution in [-0.2, 0) is 67.1 Å². The molecule has 14 atom stereocenters. The number of carboxylic acids is 2. The van der Waals surface area contributed by atoms with Gasteiger partial charge in [0.25, 0.3) is 0 Å². The van der Waals surface area contributed by atoms with Crippen molar-refractivity contribution >= 4 is 143 Å². The van der Waals surface area contributed by atoms with Crippen LogP contribution in [0.25, 0.3) is 0 Å². The monoisotopic (exact) mass is 1510 g/mol. The molecule has 16 N–H and O–H groups in total. The van der Waals surface area contributed by atoms with E-state index >= 15 is 0 Å². The number of amides is 12. The minimum atomic E-state index is -1.33. The van der Waals surface area contributed by atoms with E-state index in [1.807, 2.05) is 60.7 Å². The van der Waals surface area contributed by atoms with E-state index in [1.54, 1.807) is 41.5 Å². The van der Waals surface area contributed by atoms with Gasteiger partial charge in [-0.2, -0.15) is 0 Å². The average molecular weight is 1510 g/mol. The van der Waals surface area contributed by atoms with Crippen molar-refractivity contribution in [3.63, 3.8) is 0 Å². The van der Waals surface area contributed by atoms with Gasteiger partial charge in [-0.3, -0.25) is 9.59 Å². The van der Waals surface area contributed by atoms with Gasteiger partial charge >= 0.3 is 488 Å². The number of nitrogens with two attached hydrogens (primary N) is 2. The third-order valence-corrected chi connectivity index (χ3v) is 23.4. The first-order valence-electron chi connectivity index (χ1n) is 31.4. The molecule has 2 aliphatic rings. The Hall–Kier alpha value is -7.32. The SMILES string of the molecule is CC(C)[C@H](NC(=O)[C@H](C[Se]c1ccccc1)NC(=O)CNC(=O)[C@@H]1CCCN1C(=O)[C@@H](NC(=O)[C@H](C)N)[C@@H](C)SS[C@H](C)[C@H](NC(=O)[C@H](C)N)C(=O)N1CCC[C@H]1C(=O)NCC(=O)N[C@@H](C[Se]c1ccccc1)C(=O)N[C@H](C(=O)N[C@@H](C)C(=O)O)C(C)C)C(=O)N[C@@H](C)C(=O)O. The van der Waals surface area contributed by atoms with Gasteiger partial charge in [-0.1, -0.05) is 21.6 Å². The molecular formula is C62H92N14O16S2Se2. The summed E-state index contributed by atoms with van der Waals surface area (Å²) in [5.74, 6) is -12.2. The Kier molecular flexibility index (Phi) is 33.6. The zero-order valence-corrected chi connectivity index (χ0v) is 60.4. The van der Waals surface area contributed by atoms with Crippen LogP contribution in [0.1, 0.15) is 94.9 Å². The van der Waals surface area contributed by atoms with Crippen LogP contribution < -0.4 is 73.6 Å². The van der Waals surface area contributed by atoms with Crippen LogP contribution in [0, 0.1) is 11.8 Å². The molecule has 0 spiro atoms. The third kappa shape index (κ3) is 25.6. The molecule has 2 heterocycles. The summed E-state index contributed by atoms with van der Waals surface area (Å²) in [5.41, 5.74) is 11.9. The van der Waals surface area contributed by atoms with E-state index in [2.05, 4.69) is 53.2 Å². The van der Waals surface area contributed by atoms with E-state index in [4.69, 9.17) is 11.5 Å². The molecule has 2 aromatic carbocycles. The Morgan fingerprint density at radius 3 is 1.08 bits per heavy atom. The van der Waals surface area contributed by atoms with Gasteiger partial charge in [-0.15, -0.1) is 0 Å². The van der Waals surface area contributed by atoms with Gasteiger partial charge in [0.2, 0.25) is 11.8 Å². The predicted octanol–water partition coefficient (Wildman–Crippen LogP) is -3.65. The van der Waals surface area contributed by atoms with Crippen LogP contribution in [0.2, 0.25) is 10.6 Å². The predicted molar refractivity (Wildman–Crippen MR) is 362 cm³/mol. The molecule has 30 nitrogen and oxygen atoms in total. The molecular weight excluding hydrogens is 1420 g/mol. The zero-order valence-electron chi connectivity index (χ0n) is 55.4. The molecule has 0 bridgehead atoms. The maximum absolute atomic E-state index is 14.7. The number of carbonyl (C=O) groups is 14. The van der Waals surface area contributed by atoms with Crippen LogP contribution in [0.5, 0.6) is 0 Å². The van der Waals surface area contributed by atoms with E-state index in [-0.39, 0.29) is 66.5 Å². The van der Waals surface area contributed by atoms with Crippen LogP contribution in [0.4, 0.5) is 0 Å². The molecule has 2 saturated heterocycles. The number of hydrogen-bond acceptors (Lipinski definition) is 18. The first kappa shape index (κ1) is 81.1. The Morgan fingerprint density at radius 2 is 0.781 bits per heavy atom. The van der Waals surface area contributed by atoms with Crippen molar-refractivity contribution in [1.82, 2.24) is 63.0 Å². The zero-order chi connectivity index (χ0) is 71.7. The molecule has 4 rings (SSSR count). The summed E-state index contributed by atoms with van der Waals surface area (Å²) >= 11 is -0.727. The summed E-state index contributed by atoms with van der Waals surface area (Å²) in [7, 11) is 2.15. The van der Waals surface area contributed by atoms with Crippen molar-refractivity contribution in [2.75, 3.05) is 26.2 Å².